The normalized spacial score (nSPS) is 14.0. The molecule has 2 nitrogen and oxygen atoms in total. The second-order valence-corrected chi connectivity index (χ2v) is 2.17. The van der Waals surface area contributed by atoms with Crippen molar-refractivity contribution in [2.24, 2.45) is 11.7 Å². The molecule has 2 radical (unpaired) electrons. The molecule has 0 heterocycles. The second kappa shape index (κ2) is 2.87. The molecule has 1 atom stereocenters. The Morgan fingerprint density at radius 2 is 2.00 bits per heavy atom. The Balaban J connectivity index is 3.64. The maximum atomic E-state index is 10.2. The molecule has 0 aromatic rings. The summed E-state index contributed by atoms with van der Waals surface area (Å²) in [6.45, 7) is 3.71. The fraction of sp³-hybridized carbons (Fsp3) is 0.800. The second-order valence-electron chi connectivity index (χ2n) is 2.17. The monoisotopic (exact) mass is 111 g/mol. The Bertz CT molecular complexity index is 92.4. The molecular formula is C5H10BNO. The fourth-order valence-corrected chi connectivity index (χ4v) is 0.329. The molecule has 0 unspecified atom stereocenters. The van der Waals surface area contributed by atoms with E-state index in [1.165, 1.54) is 0 Å². The molecule has 0 aliphatic carbocycles. The van der Waals surface area contributed by atoms with Crippen molar-refractivity contribution in [3.05, 3.63) is 0 Å². The van der Waals surface area contributed by atoms with Gasteiger partial charge in [0.25, 0.3) is 0 Å². The minimum absolute atomic E-state index is 0.146. The summed E-state index contributed by atoms with van der Waals surface area (Å²) >= 11 is 0. The zero-order chi connectivity index (χ0) is 6.73. The molecule has 0 aromatic carbocycles. The Hall–Kier alpha value is -0.305. The summed E-state index contributed by atoms with van der Waals surface area (Å²) in [5.41, 5.74) is 4.85. The van der Waals surface area contributed by atoms with Crippen LogP contribution < -0.4 is 5.73 Å². The number of carbonyl (C=O) groups is 1. The molecular weight excluding hydrogens is 101 g/mol. The van der Waals surface area contributed by atoms with E-state index in [1.807, 2.05) is 13.8 Å². The van der Waals surface area contributed by atoms with Gasteiger partial charge in [0.05, 0.1) is 11.7 Å². The van der Waals surface area contributed by atoms with Gasteiger partial charge in [0.1, 0.15) is 0 Å². The topological polar surface area (TPSA) is 43.1 Å². The zero-order valence-electron chi connectivity index (χ0n) is 5.22. The molecule has 0 saturated carbocycles. The first-order chi connectivity index (χ1) is 3.55. The minimum atomic E-state index is -0.491. The van der Waals surface area contributed by atoms with Gasteiger partial charge in [-0.05, 0) is 5.92 Å². The highest BCUT2D eigenvalue weighted by molar-refractivity contribution is 6.59. The van der Waals surface area contributed by atoms with E-state index in [0.717, 1.165) is 0 Å². The van der Waals surface area contributed by atoms with Crippen LogP contribution in [0.2, 0.25) is 0 Å². The summed E-state index contributed by atoms with van der Waals surface area (Å²) in [5, 5.41) is 0. The van der Waals surface area contributed by atoms with Crippen molar-refractivity contribution in [1.29, 1.82) is 0 Å². The predicted molar refractivity (Wildman–Crippen MR) is 33.6 cm³/mol. The highest BCUT2D eigenvalue weighted by Gasteiger charge is 2.10. The summed E-state index contributed by atoms with van der Waals surface area (Å²) < 4.78 is 0. The van der Waals surface area contributed by atoms with Gasteiger partial charge >= 0.3 is 0 Å². The smallest absolute Gasteiger partial charge is 0.170 e. The van der Waals surface area contributed by atoms with E-state index in [1.54, 1.807) is 0 Å². The van der Waals surface area contributed by atoms with Gasteiger partial charge < -0.3 is 10.5 Å². The Morgan fingerprint density at radius 1 is 1.62 bits per heavy atom. The van der Waals surface area contributed by atoms with Crippen LogP contribution in [-0.4, -0.2) is 19.6 Å². The van der Waals surface area contributed by atoms with Crippen molar-refractivity contribution in [1.82, 2.24) is 0 Å². The lowest BCUT2D eigenvalue weighted by atomic mass is 9.89. The summed E-state index contributed by atoms with van der Waals surface area (Å²) in [5.74, 6) is 0.146. The van der Waals surface area contributed by atoms with E-state index in [4.69, 9.17) is 13.6 Å². The van der Waals surface area contributed by atoms with Crippen LogP contribution in [0.1, 0.15) is 13.8 Å². The molecule has 0 aliphatic rings. The summed E-state index contributed by atoms with van der Waals surface area (Å²) in [6, 6.07) is -0.491. The van der Waals surface area contributed by atoms with Crippen molar-refractivity contribution >= 4 is 13.5 Å². The van der Waals surface area contributed by atoms with E-state index in [9.17, 15) is 4.79 Å². The van der Waals surface area contributed by atoms with Gasteiger partial charge in [-0.15, -0.1) is 0 Å². The van der Waals surface area contributed by atoms with Gasteiger partial charge in [-0.2, -0.15) is 0 Å². The standard InChI is InChI=1S/C5H10BNO/c1-3(2)4(7)5(6)8/h3-4H,7H2,1-2H3/t4-/m0/s1. The number of carbonyl (C=O) groups excluding carboxylic acids is 1. The van der Waals surface area contributed by atoms with E-state index in [0.29, 0.717) is 0 Å². The van der Waals surface area contributed by atoms with Crippen molar-refractivity contribution < 1.29 is 4.79 Å². The summed E-state index contributed by atoms with van der Waals surface area (Å²) in [6.07, 6.45) is 0. The SMILES string of the molecule is [B]C(=O)[C@@H](N)C(C)C. The number of hydrogen-bond acceptors (Lipinski definition) is 2. The molecule has 0 bridgehead atoms. The van der Waals surface area contributed by atoms with Gasteiger partial charge in [-0.1, -0.05) is 13.8 Å². The third-order valence-corrected chi connectivity index (χ3v) is 1.05. The van der Waals surface area contributed by atoms with Crippen LogP contribution >= 0.6 is 0 Å². The van der Waals surface area contributed by atoms with E-state index < -0.39 is 11.7 Å². The molecule has 0 aliphatic heterocycles. The van der Waals surface area contributed by atoms with Crippen LogP contribution in [0, 0.1) is 5.92 Å². The molecule has 8 heavy (non-hydrogen) atoms. The lowest BCUT2D eigenvalue weighted by Crippen LogP contribution is -2.35. The molecule has 3 heteroatoms. The highest BCUT2D eigenvalue weighted by atomic mass is 16.1. The van der Waals surface area contributed by atoms with Crippen LogP contribution in [0.4, 0.5) is 0 Å². The molecule has 44 valence electrons. The summed E-state index contributed by atoms with van der Waals surface area (Å²) in [4.78, 5) is 10.2. The van der Waals surface area contributed by atoms with Crippen molar-refractivity contribution in [3.8, 4) is 0 Å². The predicted octanol–water partition coefficient (Wildman–Crippen LogP) is -0.335. The number of hydrogen-bond donors (Lipinski definition) is 1. The van der Waals surface area contributed by atoms with Crippen LogP contribution in [0.5, 0.6) is 0 Å². The zero-order valence-corrected chi connectivity index (χ0v) is 5.22. The van der Waals surface area contributed by atoms with Crippen molar-refractivity contribution in [3.63, 3.8) is 0 Å². The Labute approximate surface area is 50.9 Å². The first-order valence-electron chi connectivity index (χ1n) is 2.60. The molecule has 0 aromatic heterocycles. The lowest BCUT2D eigenvalue weighted by Gasteiger charge is -2.10. The Kier molecular flexibility index (Phi) is 2.76. The van der Waals surface area contributed by atoms with E-state index in [2.05, 4.69) is 0 Å². The van der Waals surface area contributed by atoms with E-state index in [-0.39, 0.29) is 5.92 Å². The molecule has 0 amide bonds. The molecule has 0 saturated heterocycles. The molecule has 0 spiro atoms. The van der Waals surface area contributed by atoms with Gasteiger partial charge in [0.15, 0.2) is 7.85 Å². The molecule has 2 N–H and O–H groups in total. The Morgan fingerprint density at radius 3 is 2.00 bits per heavy atom. The first kappa shape index (κ1) is 7.69. The van der Waals surface area contributed by atoms with Gasteiger partial charge in [0.2, 0.25) is 0 Å². The maximum Gasteiger partial charge on any atom is 0.170 e. The highest BCUT2D eigenvalue weighted by Crippen LogP contribution is 1.96. The third-order valence-electron chi connectivity index (χ3n) is 1.05. The average Bonchev–Trinajstić information content (AvgIpc) is 1.64. The number of nitrogens with two attached hydrogens (primary N) is 1. The van der Waals surface area contributed by atoms with E-state index >= 15 is 0 Å². The molecule has 0 rings (SSSR count). The largest absolute Gasteiger partial charge is 0.322 e. The average molecular weight is 111 g/mol. The quantitative estimate of drug-likeness (QED) is 0.495. The van der Waals surface area contributed by atoms with Crippen molar-refractivity contribution in [2.75, 3.05) is 0 Å². The fourth-order valence-electron chi connectivity index (χ4n) is 0.329. The van der Waals surface area contributed by atoms with Crippen LogP contribution in [0.25, 0.3) is 0 Å². The van der Waals surface area contributed by atoms with Gasteiger partial charge in [-0.3, -0.25) is 0 Å². The molecule has 0 fully saturated rings. The first-order valence-corrected chi connectivity index (χ1v) is 2.60. The van der Waals surface area contributed by atoms with Crippen LogP contribution in [0.15, 0.2) is 0 Å². The minimum Gasteiger partial charge on any atom is -0.322 e. The van der Waals surface area contributed by atoms with Gasteiger partial charge in [-0.25, -0.2) is 0 Å². The summed E-state index contributed by atoms with van der Waals surface area (Å²) in [7, 11) is 4.87. The number of rotatable bonds is 2. The maximum absolute atomic E-state index is 10.2. The van der Waals surface area contributed by atoms with Crippen molar-refractivity contribution in [2.45, 2.75) is 19.9 Å². The van der Waals surface area contributed by atoms with Crippen LogP contribution in [-0.2, 0) is 4.79 Å². The van der Waals surface area contributed by atoms with Crippen LogP contribution in [0.3, 0.4) is 0 Å². The lowest BCUT2D eigenvalue weighted by molar-refractivity contribution is -0.113. The third kappa shape index (κ3) is 2.12. The van der Waals surface area contributed by atoms with Gasteiger partial charge in [0, 0.05) is 0 Å².